The van der Waals surface area contributed by atoms with Crippen molar-refractivity contribution in [1.29, 1.82) is 0 Å². The normalized spacial score (nSPS) is 11.8. The van der Waals surface area contributed by atoms with Gasteiger partial charge in [-0.1, -0.05) is 182 Å². The van der Waals surface area contributed by atoms with Crippen LogP contribution < -0.4 is 0 Å². The highest BCUT2D eigenvalue weighted by Crippen LogP contribution is 2.45. The molecule has 4 heterocycles. The lowest BCUT2D eigenvalue weighted by Crippen LogP contribution is -2.00. The first-order valence-electron chi connectivity index (χ1n) is 23.4. The molecule has 0 bridgehead atoms. The van der Waals surface area contributed by atoms with Crippen LogP contribution in [0.5, 0.6) is 0 Å². The van der Waals surface area contributed by atoms with Gasteiger partial charge in [0.25, 0.3) is 0 Å². The zero-order valence-corrected chi connectivity index (χ0v) is 38.9. The van der Waals surface area contributed by atoms with E-state index in [2.05, 4.69) is 247 Å². The van der Waals surface area contributed by atoms with Gasteiger partial charge in [-0.05, 0) is 116 Å². The summed E-state index contributed by atoms with van der Waals surface area (Å²) in [5.74, 6) is 0.872. The first-order valence-corrected chi connectivity index (χ1v) is 25.1. The van der Waals surface area contributed by atoms with Crippen LogP contribution in [0.1, 0.15) is 0 Å². The van der Waals surface area contributed by atoms with E-state index in [0.717, 1.165) is 44.8 Å². The van der Waals surface area contributed by atoms with Crippen LogP contribution in [0.4, 0.5) is 0 Å². The Kier molecular flexibility index (Phi) is 9.29. The predicted octanol–water partition coefficient (Wildman–Crippen LogP) is 18.9. The molecule has 4 aromatic heterocycles. The molecule has 4 heteroatoms. The summed E-state index contributed by atoms with van der Waals surface area (Å²) in [5, 5.41) is 7.60. The van der Waals surface area contributed by atoms with E-state index in [1.165, 1.54) is 90.1 Å². The lowest BCUT2D eigenvalue weighted by molar-refractivity contribution is 1.08. The van der Waals surface area contributed by atoms with E-state index in [1.54, 1.807) is 0 Å². The second-order valence-electron chi connectivity index (χ2n) is 17.9. The van der Waals surface area contributed by atoms with Gasteiger partial charge in [0, 0.05) is 56.7 Å². The molecule has 0 radical (unpaired) electrons. The molecule has 0 amide bonds. The van der Waals surface area contributed by atoms with E-state index < -0.39 is 0 Å². The van der Waals surface area contributed by atoms with Crippen molar-refractivity contribution < 1.29 is 0 Å². The van der Waals surface area contributed by atoms with Crippen molar-refractivity contribution in [1.82, 2.24) is 9.55 Å². The standard InChI is InChI=1S/C65H40N2S2/c1-3-15-41(16-4-1)43-19-11-21-45(35-43)49-39-58(48-22-12-20-44(36-48)42-17-5-2-6-18-42)66-63(40-49)67-59-33-31-46(50-25-13-27-54-52-23-7-9-29-61(52)68-64(50)54)37-56(59)57-38-47(32-34-60(57)67)51-26-14-28-55-53-24-8-10-30-62(53)69-65(51)55/h1-40H. The Balaban J connectivity index is 1.02. The number of fused-ring (bicyclic) bond motifs is 9. The summed E-state index contributed by atoms with van der Waals surface area (Å²) < 4.78 is 7.64. The molecule has 10 aromatic carbocycles. The van der Waals surface area contributed by atoms with Crippen molar-refractivity contribution in [2.24, 2.45) is 0 Å². The third kappa shape index (κ3) is 6.71. The van der Waals surface area contributed by atoms with Crippen LogP contribution in [0.15, 0.2) is 243 Å². The summed E-state index contributed by atoms with van der Waals surface area (Å²) in [6, 6.07) is 88.7. The zero-order valence-electron chi connectivity index (χ0n) is 37.3. The Hall–Kier alpha value is -8.41. The van der Waals surface area contributed by atoms with Crippen molar-refractivity contribution in [2.75, 3.05) is 0 Å². The molecule has 2 nitrogen and oxygen atoms in total. The molecule has 0 aliphatic heterocycles. The van der Waals surface area contributed by atoms with Crippen LogP contribution in [0.2, 0.25) is 0 Å². The molecule has 0 fully saturated rings. The second kappa shape index (κ2) is 16.1. The van der Waals surface area contributed by atoms with Crippen molar-refractivity contribution in [3.05, 3.63) is 243 Å². The fourth-order valence-electron chi connectivity index (χ4n) is 10.5. The molecule has 0 unspecified atom stereocenters. The molecule has 0 aliphatic carbocycles. The van der Waals surface area contributed by atoms with Crippen molar-refractivity contribution in [3.8, 4) is 72.7 Å². The molecule has 69 heavy (non-hydrogen) atoms. The third-order valence-electron chi connectivity index (χ3n) is 13.8. The van der Waals surface area contributed by atoms with Gasteiger partial charge in [-0.25, -0.2) is 4.98 Å². The van der Waals surface area contributed by atoms with Gasteiger partial charge in [-0.15, -0.1) is 22.7 Å². The summed E-state index contributed by atoms with van der Waals surface area (Å²) in [6.07, 6.45) is 0. The van der Waals surface area contributed by atoms with Crippen LogP contribution >= 0.6 is 22.7 Å². The zero-order chi connectivity index (χ0) is 45.4. The quantitative estimate of drug-likeness (QED) is 0.156. The number of rotatable bonds is 7. The Bertz CT molecular complexity index is 4040. The van der Waals surface area contributed by atoms with E-state index in [4.69, 9.17) is 4.98 Å². The Morgan fingerprint density at radius 1 is 0.275 bits per heavy atom. The topological polar surface area (TPSA) is 17.8 Å². The maximum atomic E-state index is 5.65. The minimum absolute atomic E-state index is 0.872. The molecule has 0 aliphatic rings. The van der Waals surface area contributed by atoms with Gasteiger partial charge in [-0.3, -0.25) is 4.57 Å². The molecule has 0 atom stereocenters. The highest BCUT2D eigenvalue weighted by Gasteiger charge is 2.20. The summed E-state index contributed by atoms with van der Waals surface area (Å²) >= 11 is 3.76. The van der Waals surface area contributed by atoms with Gasteiger partial charge < -0.3 is 0 Å². The summed E-state index contributed by atoms with van der Waals surface area (Å²) in [7, 11) is 0. The number of hydrogen-bond acceptors (Lipinski definition) is 3. The summed E-state index contributed by atoms with van der Waals surface area (Å²) in [6.45, 7) is 0. The monoisotopic (exact) mass is 912 g/mol. The van der Waals surface area contributed by atoms with Gasteiger partial charge in [0.2, 0.25) is 0 Å². The number of pyridine rings is 1. The van der Waals surface area contributed by atoms with Crippen molar-refractivity contribution in [2.45, 2.75) is 0 Å². The van der Waals surface area contributed by atoms with E-state index in [-0.39, 0.29) is 0 Å². The van der Waals surface area contributed by atoms with Crippen molar-refractivity contribution >= 4 is 84.8 Å². The van der Waals surface area contributed by atoms with Gasteiger partial charge in [-0.2, -0.15) is 0 Å². The second-order valence-corrected chi connectivity index (χ2v) is 20.0. The SMILES string of the molecule is c1ccc(-c2cccc(-c3cc(-c4cccc(-c5ccccc5)c4)nc(-n4c5ccc(-c6cccc7c6sc6ccccc67)cc5c5cc(-c6cccc7c6sc6ccccc67)ccc54)c3)c2)cc1. The third-order valence-corrected chi connectivity index (χ3v) is 16.2. The smallest absolute Gasteiger partial charge is 0.138 e. The Labute approximate surface area is 407 Å². The van der Waals surface area contributed by atoms with E-state index in [9.17, 15) is 0 Å². The number of aromatic nitrogens is 2. The molecule has 322 valence electrons. The van der Waals surface area contributed by atoms with Crippen LogP contribution in [0.25, 0.3) is 135 Å². The number of benzene rings is 10. The lowest BCUT2D eigenvalue weighted by atomic mass is 9.97. The molecule has 0 spiro atoms. The van der Waals surface area contributed by atoms with Crippen LogP contribution in [0.3, 0.4) is 0 Å². The number of hydrogen-bond donors (Lipinski definition) is 0. The minimum Gasteiger partial charge on any atom is -0.294 e. The Morgan fingerprint density at radius 3 is 1.26 bits per heavy atom. The average Bonchev–Trinajstić information content (AvgIpc) is 4.11. The summed E-state index contributed by atoms with van der Waals surface area (Å²) in [4.78, 5) is 5.65. The highest BCUT2D eigenvalue weighted by atomic mass is 32.1. The molecule has 14 aromatic rings. The van der Waals surface area contributed by atoms with Crippen LogP contribution in [-0.2, 0) is 0 Å². The van der Waals surface area contributed by atoms with Crippen molar-refractivity contribution in [3.63, 3.8) is 0 Å². The predicted molar refractivity (Wildman–Crippen MR) is 297 cm³/mol. The highest BCUT2D eigenvalue weighted by molar-refractivity contribution is 7.26. The molecule has 0 saturated carbocycles. The van der Waals surface area contributed by atoms with Crippen LogP contribution in [-0.4, -0.2) is 9.55 Å². The van der Waals surface area contributed by atoms with Crippen LogP contribution in [0, 0.1) is 0 Å². The molecular weight excluding hydrogens is 873 g/mol. The fourth-order valence-corrected chi connectivity index (χ4v) is 13.0. The van der Waals surface area contributed by atoms with Gasteiger partial charge in [0.15, 0.2) is 0 Å². The summed E-state index contributed by atoms with van der Waals surface area (Å²) in [5.41, 5.74) is 16.1. The number of nitrogens with zero attached hydrogens (tertiary/aromatic N) is 2. The van der Waals surface area contributed by atoms with Gasteiger partial charge in [0.1, 0.15) is 5.82 Å². The molecular formula is C65H40N2S2. The Morgan fingerprint density at radius 2 is 0.710 bits per heavy atom. The molecule has 14 rings (SSSR count). The number of thiophene rings is 2. The van der Waals surface area contributed by atoms with E-state index in [1.807, 2.05) is 22.7 Å². The maximum Gasteiger partial charge on any atom is 0.138 e. The van der Waals surface area contributed by atoms with E-state index >= 15 is 0 Å². The molecule has 0 saturated heterocycles. The maximum absolute atomic E-state index is 5.65. The lowest BCUT2D eigenvalue weighted by Gasteiger charge is -2.14. The first kappa shape index (κ1) is 39.7. The van der Waals surface area contributed by atoms with E-state index in [0.29, 0.717) is 0 Å². The molecule has 0 N–H and O–H groups in total. The first-order chi connectivity index (χ1) is 34.2. The van der Waals surface area contributed by atoms with Gasteiger partial charge >= 0.3 is 0 Å². The average molecular weight is 913 g/mol. The largest absolute Gasteiger partial charge is 0.294 e. The minimum atomic E-state index is 0.872. The fraction of sp³-hybridized carbons (Fsp3) is 0. The van der Waals surface area contributed by atoms with Gasteiger partial charge in [0.05, 0.1) is 16.7 Å².